The smallest absolute Gasteiger partial charge is 0.338 e. The minimum Gasteiger partial charge on any atom is -0.462 e. The van der Waals surface area contributed by atoms with Crippen molar-refractivity contribution in [2.24, 2.45) is 0 Å². The zero-order chi connectivity index (χ0) is 22.0. The number of para-hydroxylation sites is 1. The summed E-state index contributed by atoms with van der Waals surface area (Å²) in [7, 11) is 0. The van der Waals surface area contributed by atoms with Gasteiger partial charge in [0.2, 0.25) is 0 Å². The van der Waals surface area contributed by atoms with Gasteiger partial charge in [0.25, 0.3) is 17.7 Å². The van der Waals surface area contributed by atoms with Gasteiger partial charge in [-0.25, -0.2) is 9.69 Å². The molecular weight excluding hydrogens is 396 g/mol. The molecule has 1 N–H and O–H groups in total. The number of amides is 3. The lowest BCUT2D eigenvalue weighted by Gasteiger charge is -2.13. The number of benzene rings is 3. The van der Waals surface area contributed by atoms with Gasteiger partial charge in [-0.15, -0.1) is 0 Å². The molecule has 4 rings (SSSR count). The zero-order valence-corrected chi connectivity index (χ0v) is 16.6. The van der Waals surface area contributed by atoms with Crippen molar-refractivity contribution in [1.29, 1.82) is 0 Å². The van der Waals surface area contributed by atoms with Crippen LogP contribution in [-0.4, -0.2) is 30.3 Å². The molecule has 0 spiro atoms. The Bertz CT molecular complexity index is 1190. The molecular formula is C24H18N2O5. The van der Waals surface area contributed by atoms with Crippen LogP contribution in [-0.2, 0) is 4.74 Å². The van der Waals surface area contributed by atoms with Crippen LogP contribution in [0.1, 0.15) is 48.4 Å². The molecule has 0 radical (unpaired) electrons. The quantitative estimate of drug-likeness (QED) is 0.505. The Morgan fingerprint density at radius 2 is 1.48 bits per heavy atom. The van der Waals surface area contributed by atoms with Crippen LogP contribution in [0.4, 0.5) is 11.4 Å². The van der Waals surface area contributed by atoms with Crippen LogP contribution in [0.2, 0.25) is 0 Å². The molecule has 1 aliphatic rings. The lowest BCUT2D eigenvalue weighted by Crippen LogP contribution is -2.29. The van der Waals surface area contributed by atoms with E-state index in [-0.39, 0.29) is 23.3 Å². The molecule has 1 heterocycles. The van der Waals surface area contributed by atoms with E-state index < -0.39 is 23.7 Å². The molecule has 0 saturated heterocycles. The van der Waals surface area contributed by atoms with E-state index in [4.69, 9.17) is 4.74 Å². The third kappa shape index (κ3) is 3.81. The van der Waals surface area contributed by atoms with E-state index in [1.165, 1.54) is 18.2 Å². The number of hydrogen-bond donors (Lipinski definition) is 1. The molecule has 3 amide bonds. The Labute approximate surface area is 178 Å². The van der Waals surface area contributed by atoms with Crippen LogP contribution < -0.4 is 10.2 Å². The summed E-state index contributed by atoms with van der Waals surface area (Å²) in [5.74, 6) is -1.78. The third-order valence-electron chi connectivity index (χ3n) is 4.82. The summed E-state index contributed by atoms with van der Waals surface area (Å²) in [6.45, 7) is 2.00. The molecule has 7 nitrogen and oxygen atoms in total. The fraction of sp³-hybridized carbons (Fsp3) is 0.0833. The first kappa shape index (κ1) is 20.0. The summed E-state index contributed by atoms with van der Waals surface area (Å²) >= 11 is 0. The largest absolute Gasteiger partial charge is 0.462 e. The minimum atomic E-state index is -0.473. The van der Waals surface area contributed by atoms with Gasteiger partial charge in [-0.05, 0) is 61.5 Å². The van der Waals surface area contributed by atoms with E-state index in [1.807, 2.05) is 0 Å². The number of carbonyl (C=O) groups excluding carboxylic acids is 4. The van der Waals surface area contributed by atoms with Crippen LogP contribution in [0, 0.1) is 0 Å². The van der Waals surface area contributed by atoms with Gasteiger partial charge in [-0.2, -0.15) is 0 Å². The van der Waals surface area contributed by atoms with Crippen molar-refractivity contribution in [1.82, 2.24) is 0 Å². The molecule has 0 unspecified atom stereocenters. The monoisotopic (exact) mass is 414 g/mol. The lowest BCUT2D eigenvalue weighted by atomic mass is 10.1. The van der Waals surface area contributed by atoms with Crippen molar-refractivity contribution in [3.63, 3.8) is 0 Å². The predicted octanol–water partition coefficient (Wildman–Crippen LogP) is 3.92. The van der Waals surface area contributed by atoms with E-state index in [2.05, 4.69) is 5.32 Å². The highest BCUT2D eigenvalue weighted by Gasteiger charge is 2.37. The summed E-state index contributed by atoms with van der Waals surface area (Å²) in [4.78, 5) is 51.0. The topological polar surface area (TPSA) is 92.8 Å². The first-order chi connectivity index (χ1) is 15.0. The predicted molar refractivity (Wildman–Crippen MR) is 114 cm³/mol. The van der Waals surface area contributed by atoms with Gasteiger partial charge in [-0.3, -0.25) is 14.4 Å². The van der Waals surface area contributed by atoms with E-state index in [0.717, 1.165) is 4.90 Å². The maximum absolute atomic E-state index is 12.8. The molecule has 3 aromatic rings. The molecule has 154 valence electrons. The van der Waals surface area contributed by atoms with E-state index >= 15 is 0 Å². The number of imide groups is 1. The first-order valence-corrected chi connectivity index (χ1v) is 9.66. The van der Waals surface area contributed by atoms with Crippen molar-refractivity contribution >= 4 is 35.1 Å². The Kier molecular flexibility index (Phi) is 5.32. The molecule has 0 saturated carbocycles. The highest BCUT2D eigenvalue weighted by Crippen LogP contribution is 2.29. The fourth-order valence-corrected chi connectivity index (χ4v) is 3.30. The van der Waals surface area contributed by atoms with Crippen LogP contribution in [0.3, 0.4) is 0 Å². The number of nitrogens with zero attached hydrogens (tertiary/aromatic N) is 1. The molecule has 0 aromatic heterocycles. The minimum absolute atomic E-state index is 0.180. The van der Waals surface area contributed by atoms with Crippen LogP contribution >= 0.6 is 0 Å². The second-order valence-electron chi connectivity index (χ2n) is 6.79. The SMILES string of the molecule is CCOC(=O)c1ccc(NC(=O)c2ccc3c(c2)C(=O)N(c2ccccc2)C3=O)cc1. The standard InChI is InChI=1S/C24H18N2O5/c1-2-31-24(30)15-8-11-17(12-9-15)25-21(27)16-10-13-19-20(14-16)23(29)26(22(19)28)18-6-4-3-5-7-18/h3-14H,2H2,1H3,(H,25,27). The molecule has 31 heavy (non-hydrogen) atoms. The molecule has 0 bridgehead atoms. The van der Waals surface area contributed by atoms with E-state index in [0.29, 0.717) is 16.9 Å². The Morgan fingerprint density at radius 3 is 2.16 bits per heavy atom. The van der Waals surface area contributed by atoms with Gasteiger partial charge >= 0.3 is 5.97 Å². The lowest BCUT2D eigenvalue weighted by molar-refractivity contribution is 0.0526. The van der Waals surface area contributed by atoms with Crippen molar-refractivity contribution in [2.45, 2.75) is 6.92 Å². The highest BCUT2D eigenvalue weighted by molar-refractivity contribution is 6.34. The molecule has 3 aromatic carbocycles. The maximum atomic E-state index is 12.8. The first-order valence-electron chi connectivity index (χ1n) is 9.66. The summed E-state index contributed by atoms with van der Waals surface area (Å²) in [6.07, 6.45) is 0. The number of carbonyl (C=O) groups is 4. The average Bonchev–Trinajstić information content (AvgIpc) is 3.04. The summed E-state index contributed by atoms with van der Waals surface area (Å²) in [5.41, 5.74) is 2.00. The van der Waals surface area contributed by atoms with Gasteiger partial charge < -0.3 is 10.1 Å². The average molecular weight is 414 g/mol. The normalized spacial score (nSPS) is 12.5. The van der Waals surface area contributed by atoms with Crippen molar-refractivity contribution in [2.75, 3.05) is 16.8 Å². The summed E-state index contributed by atoms with van der Waals surface area (Å²) in [6, 6.07) is 19.3. The molecule has 0 fully saturated rings. The number of hydrogen-bond acceptors (Lipinski definition) is 5. The Hall–Kier alpha value is -4.26. The number of esters is 1. The van der Waals surface area contributed by atoms with Gasteiger partial charge in [0.05, 0.1) is 29.0 Å². The summed E-state index contributed by atoms with van der Waals surface area (Å²) in [5, 5.41) is 2.72. The van der Waals surface area contributed by atoms with Gasteiger partial charge in [0.15, 0.2) is 0 Å². The number of ether oxygens (including phenoxy) is 1. The van der Waals surface area contributed by atoms with Gasteiger partial charge in [0.1, 0.15) is 0 Å². The van der Waals surface area contributed by atoms with Crippen LogP contribution in [0.25, 0.3) is 0 Å². The number of anilines is 2. The zero-order valence-electron chi connectivity index (χ0n) is 16.6. The highest BCUT2D eigenvalue weighted by atomic mass is 16.5. The Morgan fingerprint density at radius 1 is 0.839 bits per heavy atom. The second-order valence-corrected chi connectivity index (χ2v) is 6.79. The van der Waals surface area contributed by atoms with Crippen molar-refractivity contribution in [3.05, 3.63) is 95.1 Å². The van der Waals surface area contributed by atoms with E-state index in [9.17, 15) is 19.2 Å². The Balaban J connectivity index is 1.53. The number of fused-ring (bicyclic) bond motifs is 1. The number of rotatable bonds is 5. The van der Waals surface area contributed by atoms with Crippen molar-refractivity contribution < 1.29 is 23.9 Å². The fourth-order valence-electron chi connectivity index (χ4n) is 3.30. The molecule has 0 aliphatic carbocycles. The molecule has 7 heteroatoms. The van der Waals surface area contributed by atoms with Crippen LogP contribution in [0.5, 0.6) is 0 Å². The van der Waals surface area contributed by atoms with E-state index in [1.54, 1.807) is 61.5 Å². The molecule has 0 atom stereocenters. The third-order valence-corrected chi connectivity index (χ3v) is 4.82. The second kappa shape index (κ2) is 8.23. The number of nitrogens with one attached hydrogen (secondary N) is 1. The van der Waals surface area contributed by atoms with Gasteiger partial charge in [-0.1, -0.05) is 18.2 Å². The maximum Gasteiger partial charge on any atom is 0.338 e. The van der Waals surface area contributed by atoms with Crippen molar-refractivity contribution in [3.8, 4) is 0 Å². The molecule has 1 aliphatic heterocycles. The summed E-state index contributed by atoms with van der Waals surface area (Å²) < 4.78 is 4.93. The van der Waals surface area contributed by atoms with Crippen LogP contribution in [0.15, 0.2) is 72.8 Å². The van der Waals surface area contributed by atoms with Gasteiger partial charge in [0, 0.05) is 11.3 Å².